The van der Waals surface area contributed by atoms with Crippen molar-refractivity contribution in [2.45, 2.75) is 37.1 Å². The number of piperidine rings is 1. The second-order valence-corrected chi connectivity index (χ2v) is 7.94. The second-order valence-electron chi connectivity index (χ2n) is 5.25. The number of nitrogens with one attached hydrogen (secondary N) is 1. The standard InChI is InChI=1S/C14H21BrN2O2S/c1-12(17-8-3-2-4-9-17)11-16-20(18,19)14-7-5-6-13(15)10-14/h5-7,10,12,16H,2-4,8-9,11H2,1H3. The Balaban J connectivity index is 1.95. The van der Waals surface area contributed by atoms with Gasteiger partial charge in [0.25, 0.3) is 0 Å². The lowest BCUT2D eigenvalue weighted by atomic mass is 10.1. The molecule has 1 fully saturated rings. The van der Waals surface area contributed by atoms with Crippen LogP contribution in [0.3, 0.4) is 0 Å². The van der Waals surface area contributed by atoms with Crippen molar-refractivity contribution in [2.24, 2.45) is 0 Å². The molecule has 0 radical (unpaired) electrons. The lowest BCUT2D eigenvalue weighted by Crippen LogP contribution is -2.44. The van der Waals surface area contributed by atoms with Gasteiger partial charge in [-0.1, -0.05) is 28.4 Å². The largest absolute Gasteiger partial charge is 0.299 e. The zero-order chi connectivity index (χ0) is 14.6. The van der Waals surface area contributed by atoms with Crippen molar-refractivity contribution in [3.63, 3.8) is 0 Å². The third kappa shape index (κ3) is 4.28. The highest BCUT2D eigenvalue weighted by Gasteiger charge is 2.20. The summed E-state index contributed by atoms with van der Waals surface area (Å²) in [6.45, 7) is 4.67. The Bertz CT molecular complexity index is 542. The number of likely N-dealkylation sites (tertiary alicyclic amines) is 1. The van der Waals surface area contributed by atoms with Gasteiger partial charge in [-0.15, -0.1) is 0 Å². The maximum absolute atomic E-state index is 12.2. The minimum absolute atomic E-state index is 0.234. The first-order valence-electron chi connectivity index (χ1n) is 6.98. The number of hydrogen-bond donors (Lipinski definition) is 1. The van der Waals surface area contributed by atoms with Crippen molar-refractivity contribution in [3.8, 4) is 0 Å². The third-order valence-electron chi connectivity index (χ3n) is 3.69. The van der Waals surface area contributed by atoms with E-state index >= 15 is 0 Å². The molecule has 6 heteroatoms. The summed E-state index contributed by atoms with van der Waals surface area (Å²) in [7, 11) is -3.42. The summed E-state index contributed by atoms with van der Waals surface area (Å²) in [5.74, 6) is 0. The molecule has 112 valence electrons. The van der Waals surface area contributed by atoms with Crippen LogP contribution in [0.5, 0.6) is 0 Å². The van der Waals surface area contributed by atoms with Gasteiger partial charge in [-0.05, 0) is 51.1 Å². The molecule has 0 saturated carbocycles. The fraction of sp³-hybridized carbons (Fsp3) is 0.571. The summed E-state index contributed by atoms with van der Waals surface area (Å²) in [4.78, 5) is 2.66. The summed E-state index contributed by atoms with van der Waals surface area (Å²) in [6, 6.07) is 7.01. The van der Waals surface area contributed by atoms with Crippen LogP contribution >= 0.6 is 15.9 Å². The summed E-state index contributed by atoms with van der Waals surface area (Å²) in [5.41, 5.74) is 0. The van der Waals surface area contributed by atoms with Crippen LogP contribution in [-0.4, -0.2) is 39.0 Å². The van der Waals surface area contributed by atoms with Crippen LogP contribution < -0.4 is 4.72 Å². The van der Waals surface area contributed by atoms with Crippen LogP contribution in [0, 0.1) is 0 Å². The monoisotopic (exact) mass is 360 g/mol. The van der Waals surface area contributed by atoms with E-state index < -0.39 is 10.0 Å². The first kappa shape index (κ1) is 15.9. The van der Waals surface area contributed by atoms with Crippen LogP contribution in [-0.2, 0) is 10.0 Å². The predicted octanol–water partition coefficient (Wildman–Crippen LogP) is 2.60. The normalized spacial score (nSPS) is 18.9. The average molecular weight is 361 g/mol. The van der Waals surface area contributed by atoms with Crippen molar-refractivity contribution in [2.75, 3.05) is 19.6 Å². The van der Waals surface area contributed by atoms with Crippen LogP contribution in [0.2, 0.25) is 0 Å². The van der Waals surface area contributed by atoms with E-state index in [0.29, 0.717) is 11.4 Å². The van der Waals surface area contributed by atoms with E-state index in [0.717, 1.165) is 17.6 Å². The van der Waals surface area contributed by atoms with Gasteiger partial charge in [-0.2, -0.15) is 0 Å². The summed E-state index contributed by atoms with van der Waals surface area (Å²) in [6.07, 6.45) is 3.71. The fourth-order valence-electron chi connectivity index (χ4n) is 2.44. The van der Waals surface area contributed by atoms with E-state index in [-0.39, 0.29) is 6.04 Å². The highest BCUT2D eigenvalue weighted by Crippen LogP contribution is 2.16. The van der Waals surface area contributed by atoms with Crippen molar-refractivity contribution in [1.82, 2.24) is 9.62 Å². The van der Waals surface area contributed by atoms with Gasteiger partial charge < -0.3 is 0 Å². The van der Waals surface area contributed by atoms with Gasteiger partial charge in [-0.25, -0.2) is 13.1 Å². The second kappa shape index (κ2) is 7.02. The van der Waals surface area contributed by atoms with Gasteiger partial charge in [0, 0.05) is 17.1 Å². The van der Waals surface area contributed by atoms with Crippen molar-refractivity contribution < 1.29 is 8.42 Å². The van der Waals surface area contributed by atoms with Gasteiger partial charge in [-0.3, -0.25) is 4.90 Å². The number of nitrogens with zero attached hydrogens (tertiary/aromatic N) is 1. The van der Waals surface area contributed by atoms with Crippen LogP contribution in [0.15, 0.2) is 33.6 Å². The molecular formula is C14H21BrN2O2S. The van der Waals surface area contributed by atoms with Crippen molar-refractivity contribution in [1.29, 1.82) is 0 Å². The quantitative estimate of drug-likeness (QED) is 0.877. The van der Waals surface area contributed by atoms with E-state index in [1.807, 2.05) is 6.07 Å². The Morgan fingerprint density at radius 1 is 1.30 bits per heavy atom. The molecule has 0 aliphatic carbocycles. The zero-order valence-corrected chi connectivity index (χ0v) is 14.1. The van der Waals surface area contributed by atoms with Crippen LogP contribution in [0.1, 0.15) is 26.2 Å². The maximum atomic E-state index is 12.2. The fourth-order valence-corrected chi connectivity index (χ4v) is 4.15. The molecule has 1 aromatic rings. The van der Waals surface area contributed by atoms with Crippen LogP contribution in [0.4, 0.5) is 0 Å². The SMILES string of the molecule is CC(CNS(=O)(=O)c1cccc(Br)c1)N1CCCCC1. The molecule has 0 amide bonds. The average Bonchev–Trinajstić information content (AvgIpc) is 2.46. The molecule has 1 aliphatic heterocycles. The summed E-state index contributed by atoms with van der Waals surface area (Å²) < 4.78 is 27.9. The molecule has 1 aromatic carbocycles. The zero-order valence-electron chi connectivity index (χ0n) is 11.7. The van der Waals surface area contributed by atoms with Gasteiger partial charge in [0.1, 0.15) is 0 Å². The number of rotatable bonds is 5. The maximum Gasteiger partial charge on any atom is 0.240 e. The first-order valence-corrected chi connectivity index (χ1v) is 9.26. The number of hydrogen-bond acceptors (Lipinski definition) is 3. The smallest absolute Gasteiger partial charge is 0.240 e. The molecule has 0 bridgehead atoms. The van der Waals surface area contributed by atoms with Crippen molar-refractivity contribution in [3.05, 3.63) is 28.7 Å². The Hall–Kier alpha value is -0.430. The molecule has 1 aliphatic rings. The Morgan fingerprint density at radius 3 is 2.65 bits per heavy atom. The topological polar surface area (TPSA) is 49.4 Å². The molecule has 1 unspecified atom stereocenters. The Morgan fingerprint density at radius 2 is 2.00 bits per heavy atom. The first-order chi connectivity index (χ1) is 9.49. The molecular weight excluding hydrogens is 340 g/mol. The molecule has 1 heterocycles. The van der Waals surface area contributed by atoms with E-state index in [1.54, 1.807) is 18.2 Å². The van der Waals surface area contributed by atoms with Gasteiger partial charge >= 0.3 is 0 Å². The molecule has 1 N–H and O–H groups in total. The Labute approximate surface area is 129 Å². The van der Waals surface area contributed by atoms with E-state index in [4.69, 9.17) is 0 Å². The summed E-state index contributed by atoms with van der Waals surface area (Å²) in [5, 5.41) is 0. The van der Waals surface area contributed by atoms with Crippen LogP contribution in [0.25, 0.3) is 0 Å². The molecule has 1 saturated heterocycles. The Kier molecular flexibility index (Phi) is 5.60. The van der Waals surface area contributed by atoms with Gasteiger partial charge in [0.05, 0.1) is 4.90 Å². The van der Waals surface area contributed by atoms with Gasteiger partial charge in [0.2, 0.25) is 10.0 Å². The molecule has 1 atom stereocenters. The highest BCUT2D eigenvalue weighted by atomic mass is 79.9. The van der Waals surface area contributed by atoms with E-state index in [2.05, 4.69) is 32.5 Å². The van der Waals surface area contributed by atoms with E-state index in [9.17, 15) is 8.42 Å². The molecule has 0 spiro atoms. The van der Waals surface area contributed by atoms with Crippen molar-refractivity contribution >= 4 is 26.0 Å². The number of halogens is 1. The minimum atomic E-state index is -3.42. The molecule has 2 rings (SSSR count). The number of benzene rings is 1. The minimum Gasteiger partial charge on any atom is -0.299 e. The lowest BCUT2D eigenvalue weighted by molar-refractivity contribution is 0.175. The molecule has 4 nitrogen and oxygen atoms in total. The number of sulfonamides is 1. The lowest BCUT2D eigenvalue weighted by Gasteiger charge is -2.32. The third-order valence-corrected chi connectivity index (χ3v) is 5.60. The summed E-state index contributed by atoms with van der Waals surface area (Å²) >= 11 is 3.30. The van der Waals surface area contributed by atoms with Gasteiger partial charge in [0.15, 0.2) is 0 Å². The molecule has 0 aromatic heterocycles. The van der Waals surface area contributed by atoms with E-state index in [1.165, 1.54) is 19.3 Å². The highest BCUT2D eigenvalue weighted by molar-refractivity contribution is 9.10. The molecule has 20 heavy (non-hydrogen) atoms. The predicted molar refractivity (Wildman–Crippen MR) is 84.2 cm³/mol.